The molecule has 0 aliphatic carbocycles. The topological polar surface area (TPSA) is 76.2 Å². The summed E-state index contributed by atoms with van der Waals surface area (Å²) in [4.78, 5) is 13.8. The van der Waals surface area contributed by atoms with Gasteiger partial charge in [0.25, 0.3) is 5.91 Å². The van der Waals surface area contributed by atoms with Gasteiger partial charge in [0, 0.05) is 12.3 Å². The molecule has 0 bridgehead atoms. The Balaban J connectivity index is 3.15. The molecule has 1 heterocycles. The second-order valence-corrected chi connectivity index (χ2v) is 1.65. The third kappa shape index (κ3) is 1.05. The molecule has 0 spiro atoms. The van der Waals surface area contributed by atoms with E-state index in [1.165, 1.54) is 12.3 Å². The zero-order valence-electron chi connectivity index (χ0n) is 5.03. The molecule has 3 N–H and O–H groups in total. The first-order valence-corrected chi connectivity index (χ1v) is 2.57. The third-order valence-corrected chi connectivity index (χ3v) is 0.969. The van der Waals surface area contributed by atoms with Crippen molar-refractivity contribution in [3.8, 4) is 5.88 Å². The molecule has 51 valence electrons. The summed E-state index contributed by atoms with van der Waals surface area (Å²) in [6.45, 7) is 0. The largest absolute Gasteiger partial charge is 0.493 e. The van der Waals surface area contributed by atoms with Gasteiger partial charge >= 0.3 is 0 Å². The van der Waals surface area contributed by atoms with Gasteiger partial charge in [-0.3, -0.25) is 4.79 Å². The molecule has 1 rings (SSSR count). The molecular weight excluding hydrogens is 132 g/mol. The van der Waals surface area contributed by atoms with Gasteiger partial charge in [-0.1, -0.05) is 0 Å². The van der Waals surface area contributed by atoms with Crippen molar-refractivity contribution in [2.45, 2.75) is 0 Å². The first-order chi connectivity index (χ1) is 4.72. The monoisotopic (exact) mass is 137 g/mol. The minimum absolute atomic E-state index is 0.0810. The molecule has 0 saturated heterocycles. The minimum Gasteiger partial charge on any atom is -0.493 e. The highest BCUT2D eigenvalue weighted by Crippen LogP contribution is 2.08. The molecule has 0 aromatic carbocycles. The Labute approximate surface area is 57.3 Å². The van der Waals surface area contributed by atoms with E-state index < -0.39 is 5.91 Å². The Morgan fingerprint density at radius 2 is 2.50 bits per heavy atom. The summed E-state index contributed by atoms with van der Waals surface area (Å²) < 4.78 is 0. The molecule has 0 unspecified atom stereocenters. The van der Waals surface area contributed by atoms with Crippen molar-refractivity contribution in [3.05, 3.63) is 23.9 Å². The minimum atomic E-state index is -0.731. The number of aromatic hydroxyl groups is 1. The van der Waals surface area contributed by atoms with Crippen LogP contribution < -0.4 is 5.73 Å². The highest BCUT2D eigenvalue weighted by molar-refractivity contribution is 5.94. The summed E-state index contributed by atoms with van der Waals surface area (Å²) in [5.74, 6) is -1.11. The van der Waals surface area contributed by atoms with Gasteiger partial charge in [-0.15, -0.1) is 0 Å². The van der Waals surface area contributed by atoms with Crippen LogP contribution >= 0.6 is 0 Å². The maximum Gasteiger partial charge on any atom is 0.254 e. The van der Waals surface area contributed by atoms with Crippen LogP contribution in [0.4, 0.5) is 0 Å². The number of nitrogens with two attached hydrogens (primary N) is 1. The lowest BCUT2D eigenvalue weighted by Gasteiger charge is -1.94. The molecule has 1 aromatic heterocycles. The van der Waals surface area contributed by atoms with E-state index in [2.05, 4.69) is 11.1 Å². The number of pyridine rings is 1. The lowest BCUT2D eigenvalue weighted by molar-refractivity contribution is 0.0997. The predicted molar refractivity (Wildman–Crippen MR) is 33.3 cm³/mol. The maximum absolute atomic E-state index is 10.4. The fourth-order valence-corrected chi connectivity index (χ4v) is 0.539. The first-order valence-electron chi connectivity index (χ1n) is 2.57. The summed E-state index contributed by atoms with van der Waals surface area (Å²) >= 11 is 0. The lowest BCUT2D eigenvalue weighted by atomic mass is 10.2. The van der Waals surface area contributed by atoms with E-state index in [9.17, 15) is 4.79 Å². The molecule has 10 heavy (non-hydrogen) atoms. The Morgan fingerprint density at radius 3 is 2.90 bits per heavy atom. The Hall–Kier alpha value is -1.58. The highest BCUT2D eigenvalue weighted by Gasteiger charge is 2.05. The summed E-state index contributed by atoms with van der Waals surface area (Å²) in [5.41, 5.74) is 4.76. The molecule has 1 aromatic rings. The van der Waals surface area contributed by atoms with Gasteiger partial charge in [0.15, 0.2) is 0 Å². The molecule has 1 radical (unpaired) electrons. The fraction of sp³-hybridized carbons (Fsp3) is 0. The number of primary amides is 1. The van der Waals surface area contributed by atoms with Crippen LogP contribution in [0.15, 0.2) is 12.3 Å². The van der Waals surface area contributed by atoms with Crippen molar-refractivity contribution < 1.29 is 9.90 Å². The lowest BCUT2D eigenvalue weighted by Crippen LogP contribution is -2.11. The van der Waals surface area contributed by atoms with E-state index in [1.54, 1.807) is 0 Å². The molecule has 4 heteroatoms. The van der Waals surface area contributed by atoms with Crippen molar-refractivity contribution in [2.75, 3.05) is 0 Å². The van der Waals surface area contributed by atoms with Gasteiger partial charge in [0.05, 0.1) is 0 Å². The van der Waals surface area contributed by atoms with Gasteiger partial charge in [-0.2, -0.15) is 0 Å². The molecule has 0 saturated carbocycles. The Kier molecular flexibility index (Phi) is 1.53. The van der Waals surface area contributed by atoms with Gasteiger partial charge in [-0.05, 0) is 6.07 Å². The number of rotatable bonds is 1. The summed E-state index contributed by atoms with van der Waals surface area (Å²) in [5, 5.41) is 8.84. The van der Waals surface area contributed by atoms with E-state index in [0.29, 0.717) is 0 Å². The zero-order chi connectivity index (χ0) is 7.56. The van der Waals surface area contributed by atoms with Crippen molar-refractivity contribution in [2.24, 2.45) is 5.73 Å². The number of nitrogens with zero attached hydrogens (tertiary/aromatic N) is 1. The average Bonchev–Trinajstić information content (AvgIpc) is 1.88. The van der Waals surface area contributed by atoms with Crippen LogP contribution in [0.25, 0.3) is 0 Å². The smallest absolute Gasteiger partial charge is 0.254 e. The molecule has 1 amide bonds. The molecule has 0 fully saturated rings. The number of carbonyl (C=O) groups is 1. The van der Waals surface area contributed by atoms with Gasteiger partial charge < -0.3 is 10.8 Å². The van der Waals surface area contributed by atoms with E-state index in [-0.39, 0.29) is 11.4 Å². The summed E-state index contributed by atoms with van der Waals surface area (Å²) in [6.07, 6.45) is 1.32. The second-order valence-electron chi connectivity index (χ2n) is 1.65. The van der Waals surface area contributed by atoms with Crippen molar-refractivity contribution in [1.82, 2.24) is 4.98 Å². The molecule has 0 aliphatic heterocycles. The van der Waals surface area contributed by atoms with E-state index in [0.717, 1.165) is 0 Å². The number of hydrogen-bond donors (Lipinski definition) is 2. The third-order valence-electron chi connectivity index (χ3n) is 0.969. The second kappa shape index (κ2) is 2.34. The number of carbonyl (C=O) groups excluding carboxylic acids is 1. The Morgan fingerprint density at radius 1 is 1.80 bits per heavy atom. The van der Waals surface area contributed by atoms with Crippen LogP contribution in [0.3, 0.4) is 0 Å². The summed E-state index contributed by atoms with van der Waals surface area (Å²) in [7, 11) is 0. The van der Waals surface area contributed by atoms with Gasteiger partial charge in [0.1, 0.15) is 5.56 Å². The van der Waals surface area contributed by atoms with Crippen LogP contribution in [-0.2, 0) is 0 Å². The predicted octanol–water partition coefficient (Wildman–Crippen LogP) is -0.314. The van der Waals surface area contributed by atoms with Crippen LogP contribution in [0.2, 0.25) is 0 Å². The molecule has 0 atom stereocenters. The molecule has 0 aliphatic rings. The van der Waals surface area contributed by atoms with Crippen LogP contribution in [0.1, 0.15) is 10.4 Å². The van der Waals surface area contributed by atoms with Crippen LogP contribution in [0.5, 0.6) is 5.88 Å². The van der Waals surface area contributed by atoms with E-state index in [4.69, 9.17) is 10.8 Å². The SMILES string of the molecule is NC(=O)c1[c]ccnc1O. The van der Waals surface area contributed by atoms with Crippen molar-refractivity contribution in [3.63, 3.8) is 0 Å². The summed E-state index contributed by atoms with van der Waals surface area (Å²) in [6, 6.07) is 3.85. The first kappa shape index (κ1) is 6.54. The molecule has 4 nitrogen and oxygen atoms in total. The van der Waals surface area contributed by atoms with Gasteiger partial charge in [0.2, 0.25) is 5.88 Å². The van der Waals surface area contributed by atoms with Crippen molar-refractivity contribution >= 4 is 5.91 Å². The zero-order valence-corrected chi connectivity index (χ0v) is 5.03. The highest BCUT2D eigenvalue weighted by atomic mass is 16.3. The van der Waals surface area contributed by atoms with E-state index in [1.807, 2.05) is 0 Å². The number of amides is 1. The van der Waals surface area contributed by atoms with Crippen LogP contribution in [0, 0.1) is 6.07 Å². The van der Waals surface area contributed by atoms with Crippen molar-refractivity contribution in [1.29, 1.82) is 0 Å². The maximum atomic E-state index is 10.4. The van der Waals surface area contributed by atoms with E-state index >= 15 is 0 Å². The average molecular weight is 137 g/mol. The number of aromatic nitrogens is 1. The van der Waals surface area contributed by atoms with Gasteiger partial charge in [-0.25, -0.2) is 4.98 Å². The quantitative estimate of drug-likeness (QED) is 0.557. The molecular formula is C6H5N2O2. The normalized spacial score (nSPS) is 9.20. The number of hydrogen-bond acceptors (Lipinski definition) is 3. The van der Waals surface area contributed by atoms with Crippen LogP contribution in [-0.4, -0.2) is 16.0 Å². The fourth-order valence-electron chi connectivity index (χ4n) is 0.539. The standard InChI is InChI=1S/C6H5N2O2/c7-5(9)4-2-1-3-8-6(4)10/h1,3H,(H2,7,9)(H,8,10). The Bertz CT molecular complexity index is 260.